The van der Waals surface area contributed by atoms with Crippen LogP contribution >= 0.6 is 12.2 Å². The van der Waals surface area contributed by atoms with E-state index in [-0.39, 0.29) is 22.0 Å². The molecule has 1 saturated carbocycles. The molecule has 4 rings (SSSR count). The molecule has 35 heavy (non-hydrogen) atoms. The molecule has 1 aliphatic rings. The molecule has 8 heteroatoms. The summed E-state index contributed by atoms with van der Waals surface area (Å²) in [6.07, 6.45) is 5.10. The SMILES string of the molecule is CN(C1CCCCC1)S(=O)(=O)c1ccc(NC(=S)NC(=O)c2ccc(-c3ccccc3)cc2)cc1. The van der Waals surface area contributed by atoms with Gasteiger partial charge in [0.25, 0.3) is 5.91 Å². The average molecular weight is 508 g/mol. The van der Waals surface area contributed by atoms with Crippen LogP contribution in [0.2, 0.25) is 0 Å². The molecule has 0 bridgehead atoms. The Morgan fingerprint density at radius 1 is 0.857 bits per heavy atom. The number of nitrogens with one attached hydrogen (secondary N) is 2. The molecular formula is C27H29N3O3S2. The fourth-order valence-electron chi connectivity index (χ4n) is 4.30. The second kappa shape index (κ2) is 11.1. The number of carbonyl (C=O) groups is 1. The van der Waals surface area contributed by atoms with Crippen LogP contribution in [0, 0.1) is 0 Å². The zero-order valence-corrected chi connectivity index (χ0v) is 21.2. The molecule has 1 amide bonds. The van der Waals surface area contributed by atoms with Gasteiger partial charge in [-0.15, -0.1) is 0 Å². The Balaban J connectivity index is 1.34. The molecule has 1 aliphatic carbocycles. The van der Waals surface area contributed by atoms with Crippen LogP contribution in [-0.4, -0.2) is 36.8 Å². The minimum atomic E-state index is -3.56. The van der Waals surface area contributed by atoms with Crippen LogP contribution in [0.4, 0.5) is 5.69 Å². The van der Waals surface area contributed by atoms with E-state index in [2.05, 4.69) is 10.6 Å². The number of thiocarbonyl (C=S) groups is 1. The summed E-state index contributed by atoms with van der Waals surface area (Å²) in [6, 6.07) is 23.7. The van der Waals surface area contributed by atoms with Gasteiger partial charge in [0.1, 0.15) is 0 Å². The number of rotatable bonds is 6. The second-order valence-electron chi connectivity index (χ2n) is 8.69. The van der Waals surface area contributed by atoms with Crippen molar-refractivity contribution in [1.29, 1.82) is 0 Å². The summed E-state index contributed by atoms with van der Waals surface area (Å²) in [5.41, 5.74) is 3.18. The average Bonchev–Trinajstić information content (AvgIpc) is 2.89. The van der Waals surface area contributed by atoms with Gasteiger partial charge in [-0.05, 0) is 72.6 Å². The van der Waals surface area contributed by atoms with Crippen LogP contribution < -0.4 is 10.6 Å². The first-order valence-electron chi connectivity index (χ1n) is 11.7. The predicted molar refractivity (Wildman–Crippen MR) is 144 cm³/mol. The van der Waals surface area contributed by atoms with Gasteiger partial charge in [0.15, 0.2) is 5.11 Å². The van der Waals surface area contributed by atoms with Crippen molar-refractivity contribution in [3.63, 3.8) is 0 Å². The topological polar surface area (TPSA) is 78.5 Å². The number of sulfonamides is 1. The van der Waals surface area contributed by atoms with Gasteiger partial charge in [-0.2, -0.15) is 4.31 Å². The summed E-state index contributed by atoms with van der Waals surface area (Å²) >= 11 is 5.28. The number of amides is 1. The van der Waals surface area contributed by atoms with E-state index in [0.717, 1.165) is 36.8 Å². The smallest absolute Gasteiger partial charge is 0.257 e. The molecular weight excluding hydrogens is 478 g/mol. The third kappa shape index (κ3) is 6.14. The third-order valence-electron chi connectivity index (χ3n) is 6.36. The van der Waals surface area contributed by atoms with E-state index >= 15 is 0 Å². The minimum absolute atomic E-state index is 0.0519. The zero-order valence-electron chi connectivity index (χ0n) is 19.6. The lowest BCUT2D eigenvalue weighted by atomic mass is 9.96. The summed E-state index contributed by atoms with van der Waals surface area (Å²) in [5, 5.41) is 5.74. The van der Waals surface area contributed by atoms with Crippen LogP contribution in [0.25, 0.3) is 11.1 Å². The standard InChI is InChI=1S/C27H29N3O3S2/c1-30(24-10-6-3-7-11-24)35(32,33)25-18-16-23(17-19-25)28-27(34)29-26(31)22-14-12-21(13-15-22)20-8-4-2-5-9-20/h2,4-5,8-9,12-19,24H,3,6-7,10-11H2,1H3,(H2,28,29,31,34). The van der Waals surface area contributed by atoms with Gasteiger partial charge in [-0.3, -0.25) is 10.1 Å². The van der Waals surface area contributed by atoms with Gasteiger partial charge in [-0.1, -0.05) is 61.7 Å². The van der Waals surface area contributed by atoms with E-state index in [1.807, 2.05) is 42.5 Å². The van der Waals surface area contributed by atoms with Gasteiger partial charge in [0, 0.05) is 24.3 Å². The Morgan fingerprint density at radius 2 is 1.46 bits per heavy atom. The molecule has 0 aromatic heterocycles. The molecule has 0 heterocycles. The molecule has 6 nitrogen and oxygen atoms in total. The largest absolute Gasteiger partial charge is 0.332 e. The zero-order chi connectivity index (χ0) is 24.8. The Kier molecular flexibility index (Phi) is 7.95. The highest BCUT2D eigenvalue weighted by atomic mass is 32.2. The summed E-state index contributed by atoms with van der Waals surface area (Å²) in [6.45, 7) is 0. The van der Waals surface area contributed by atoms with Crippen molar-refractivity contribution in [2.45, 2.75) is 43.0 Å². The van der Waals surface area contributed by atoms with Crippen LogP contribution in [0.5, 0.6) is 0 Å². The van der Waals surface area contributed by atoms with Crippen LogP contribution in [0.15, 0.2) is 83.8 Å². The Hall–Kier alpha value is -3.07. The minimum Gasteiger partial charge on any atom is -0.332 e. The number of hydrogen-bond acceptors (Lipinski definition) is 4. The lowest BCUT2D eigenvalue weighted by molar-refractivity contribution is 0.0977. The molecule has 182 valence electrons. The highest BCUT2D eigenvalue weighted by Crippen LogP contribution is 2.27. The quantitative estimate of drug-likeness (QED) is 0.435. The molecule has 1 fully saturated rings. The maximum absolute atomic E-state index is 13.0. The highest BCUT2D eigenvalue weighted by molar-refractivity contribution is 7.89. The Labute approximate surface area is 212 Å². The molecule has 0 spiro atoms. The van der Waals surface area contributed by atoms with Crippen molar-refractivity contribution >= 4 is 38.9 Å². The van der Waals surface area contributed by atoms with Gasteiger partial charge in [0.05, 0.1) is 4.90 Å². The van der Waals surface area contributed by atoms with E-state index in [0.29, 0.717) is 11.3 Å². The lowest BCUT2D eigenvalue weighted by Crippen LogP contribution is -2.38. The summed E-state index contributed by atoms with van der Waals surface area (Å²) in [5.74, 6) is -0.324. The normalized spacial score (nSPS) is 14.5. The van der Waals surface area contributed by atoms with E-state index in [1.165, 1.54) is 10.7 Å². The summed E-state index contributed by atoms with van der Waals surface area (Å²) in [4.78, 5) is 12.8. The Morgan fingerprint density at radius 3 is 2.09 bits per heavy atom. The second-order valence-corrected chi connectivity index (χ2v) is 11.1. The van der Waals surface area contributed by atoms with Crippen molar-refractivity contribution < 1.29 is 13.2 Å². The maximum Gasteiger partial charge on any atom is 0.257 e. The van der Waals surface area contributed by atoms with Gasteiger partial charge in [-0.25, -0.2) is 8.42 Å². The van der Waals surface area contributed by atoms with Crippen molar-refractivity contribution in [2.24, 2.45) is 0 Å². The van der Waals surface area contributed by atoms with E-state index in [1.54, 1.807) is 43.4 Å². The van der Waals surface area contributed by atoms with E-state index in [9.17, 15) is 13.2 Å². The first-order chi connectivity index (χ1) is 16.8. The number of benzene rings is 3. The molecule has 0 radical (unpaired) electrons. The monoisotopic (exact) mass is 507 g/mol. The first kappa shape index (κ1) is 25.0. The predicted octanol–water partition coefficient (Wildman–Crippen LogP) is 5.43. The molecule has 0 unspecified atom stereocenters. The Bertz CT molecular complexity index is 1270. The number of anilines is 1. The molecule has 2 N–H and O–H groups in total. The van der Waals surface area contributed by atoms with Crippen molar-refractivity contribution in [3.8, 4) is 11.1 Å². The maximum atomic E-state index is 13.0. The van der Waals surface area contributed by atoms with Crippen LogP contribution in [0.1, 0.15) is 42.5 Å². The van der Waals surface area contributed by atoms with Crippen molar-refractivity contribution in [1.82, 2.24) is 9.62 Å². The number of nitrogens with zero attached hydrogens (tertiary/aromatic N) is 1. The van der Waals surface area contributed by atoms with E-state index in [4.69, 9.17) is 12.2 Å². The van der Waals surface area contributed by atoms with Crippen LogP contribution in [-0.2, 0) is 10.0 Å². The molecule has 3 aromatic carbocycles. The molecule has 0 atom stereocenters. The summed E-state index contributed by atoms with van der Waals surface area (Å²) < 4.78 is 27.5. The molecule has 0 saturated heterocycles. The fraction of sp³-hybridized carbons (Fsp3) is 0.259. The third-order valence-corrected chi connectivity index (χ3v) is 8.49. The number of carbonyl (C=O) groups excluding carboxylic acids is 1. The highest BCUT2D eigenvalue weighted by Gasteiger charge is 2.28. The molecule has 0 aliphatic heterocycles. The summed E-state index contributed by atoms with van der Waals surface area (Å²) in [7, 11) is -1.90. The fourth-order valence-corrected chi connectivity index (χ4v) is 5.93. The van der Waals surface area contributed by atoms with Gasteiger partial charge >= 0.3 is 0 Å². The van der Waals surface area contributed by atoms with Crippen molar-refractivity contribution in [2.75, 3.05) is 12.4 Å². The molecule has 3 aromatic rings. The van der Waals surface area contributed by atoms with E-state index < -0.39 is 10.0 Å². The van der Waals surface area contributed by atoms with Gasteiger partial charge in [0.2, 0.25) is 10.0 Å². The van der Waals surface area contributed by atoms with Gasteiger partial charge < -0.3 is 5.32 Å². The first-order valence-corrected chi connectivity index (χ1v) is 13.6. The number of hydrogen-bond donors (Lipinski definition) is 2. The lowest BCUT2D eigenvalue weighted by Gasteiger charge is -2.30. The van der Waals surface area contributed by atoms with Crippen LogP contribution in [0.3, 0.4) is 0 Å². The van der Waals surface area contributed by atoms with Crippen molar-refractivity contribution in [3.05, 3.63) is 84.4 Å².